The van der Waals surface area contributed by atoms with Crippen LogP contribution in [0.4, 0.5) is 30.2 Å². The van der Waals surface area contributed by atoms with Gasteiger partial charge in [-0.2, -0.15) is 29.0 Å². The highest BCUT2D eigenvalue weighted by molar-refractivity contribution is 6.13. The van der Waals surface area contributed by atoms with Crippen molar-refractivity contribution in [1.29, 1.82) is 15.8 Å². The van der Waals surface area contributed by atoms with E-state index >= 15 is 0 Å². The van der Waals surface area contributed by atoms with E-state index in [1.54, 1.807) is 48.5 Å². The number of hydrogen-bond acceptors (Lipinski definition) is 3. The summed E-state index contributed by atoms with van der Waals surface area (Å²) < 4.78 is 46.3. The van der Waals surface area contributed by atoms with Gasteiger partial charge in [-0.1, -0.05) is 103 Å². The standard InChI is InChI=1S/C61H29F3N8/c1-68-43-18-23-46(54(32-43)70-3)39-16-25-58-52(29-39)48-9-5-7-11-56(48)72(58)60-30-40(45-22-17-42(61(62,63)64)31-53(45)69-2)14-21-50(60)49-20-13-37(34-66)27-59(49)71-55-10-6-4-8-47(55)51-28-38(15-24-57(51)71)44-19-12-36(33-65)26-41(44)35-67/h4-32H. The highest BCUT2D eigenvalue weighted by Crippen LogP contribution is 2.46. The summed E-state index contributed by atoms with van der Waals surface area (Å²) in [5.41, 5.74) is 10.3. The van der Waals surface area contributed by atoms with Crippen LogP contribution < -0.4 is 0 Å². The molecular weight excluding hydrogens is 902 g/mol. The SMILES string of the molecule is [C-]#[N+]c1ccc(-c2ccc3c(c2)c2ccccc2n3-c2cc(-c3ccc(C(F)(F)F)cc3[N+]#[C-])ccc2-c2ccc(C#N)cc2-n2c3ccccc3c3cc(-c4ccc(C#N)cc4C#N)ccc32)c([N+]#[C-])c1. The molecule has 11 heteroatoms. The van der Waals surface area contributed by atoms with Crippen LogP contribution in [-0.2, 0) is 6.18 Å². The van der Waals surface area contributed by atoms with Crippen molar-refractivity contribution in [3.05, 3.63) is 232 Å². The molecule has 72 heavy (non-hydrogen) atoms. The lowest BCUT2D eigenvalue weighted by molar-refractivity contribution is -0.137. The molecule has 0 atom stereocenters. The summed E-state index contributed by atoms with van der Waals surface area (Å²) in [6.07, 6.45) is -4.66. The van der Waals surface area contributed by atoms with Crippen LogP contribution in [0.3, 0.4) is 0 Å². The van der Waals surface area contributed by atoms with E-state index in [-0.39, 0.29) is 5.69 Å². The number of nitriles is 3. The van der Waals surface area contributed by atoms with Gasteiger partial charge in [0.15, 0.2) is 17.1 Å². The minimum Gasteiger partial charge on any atom is -0.309 e. The molecule has 0 saturated heterocycles. The van der Waals surface area contributed by atoms with Crippen molar-refractivity contribution in [3.63, 3.8) is 0 Å². The minimum atomic E-state index is -4.66. The second-order valence-corrected chi connectivity index (χ2v) is 17.0. The monoisotopic (exact) mass is 930 g/mol. The number of rotatable bonds is 6. The number of para-hydroxylation sites is 2. The summed E-state index contributed by atoms with van der Waals surface area (Å²) >= 11 is 0. The normalized spacial score (nSPS) is 11.2. The molecule has 0 saturated carbocycles. The molecular formula is C61H29F3N8. The van der Waals surface area contributed by atoms with E-state index in [2.05, 4.69) is 41.9 Å². The zero-order chi connectivity index (χ0) is 49.8. The van der Waals surface area contributed by atoms with Crippen molar-refractivity contribution >= 4 is 60.7 Å². The topological polar surface area (TPSA) is 94.3 Å². The molecule has 0 bridgehead atoms. The Morgan fingerprint density at radius 2 is 0.875 bits per heavy atom. The van der Waals surface area contributed by atoms with Gasteiger partial charge in [0.1, 0.15) is 0 Å². The molecule has 11 rings (SSSR count). The molecule has 0 amide bonds. The van der Waals surface area contributed by atoms with Crippen molar-refractivity contribution in [1.82, 2.24) is 9.13 Å². The van der Waals surface area contributed by atoms with Crippen LogP contribution in [0.5, 0.6) is 0 Å². The quantitative estimate of drug-likeness (QED) is 0.155. The zero-order valence-corrected chi connectivity index (χ0v) is 37.5. The molecule has 0 spiro atoms. The molecule has 11 aromatic rings. The van der Waals surface area contributed by atoms with Gasteiger partial charge < -0.3 is 9.13 Å². The Labute approximate surface area is 409 Å². The Bertz CT molecular complexity index is 4420. The molecule has 0 aliphatic rings. The lowest BCUT2D eigenvalue weighted by atomic mass is 9.94. The van der Waals surface area contributed by atoms with Gasteiger partial charge in [-0.25, -0.2) is 14.5 Å². The molecule has 0 aliphatic heterocycles. The first-order chi connectivity index (χ1) is 35.0. The van der Waals surface area contributed by atoms with E-state index in [0.29, 0.717) is 72.8 Å². The Morgan fingerprint density at radius 3 is 1.44 bits per heavy atom. The van der Waals surface area contributed by atoms with Gasteiger partial charge in [-0.3, -0.25) is 0 Å². The largest absolute Gasteiger partial charge is 0.415 e. The minimum absolute atomic E-state index is 0.165. The molecule has 0 radical (unpaired) electrons. The molecule has 8 nitrogen and oxygen atoms in total. The number of nitrogens with zero attached hydrogens (tertiary/aromatic N) is 8. The summed E-state index contributed by atoms with van der Waals surface area (Å²) in [6, 6.07) is 58.6. The third-order valence-corrected chi connectivity index (χ3v) is 13.1. The molecule has 0 aliphatic carbocycles. The van der Waals surface area contributed by atoms with Gasteiger partial charge in [0, 0.05) is 38.2 Å². The van der Waals surface area contributed by atoms with Crippen LogP contribution in [-0.4, -0.2) is 9.13 Å². The predicted molar refractivity (Wildman–Crippen MR) is 275 cm³/mol. The average Bonchev–Trinajstić information content (AvgIpc) is 3.93. The first-order valence-electron chi connectivity index (χ1n) is 22.2. The smallest absolute Gasteiger partial charge is 0.309 e. The highest BCUT2D eigenvalue weighted by atomic mass is 19.4. The predicted octanol–water partition coefficient (Wildman–Crippen LogP) is 16.8. The van der Waals surface area contributed by atoms with Gasteiger partial charge in [-0.15, -0.1) is 0 Å². The summed E-state index contributed by atoms with van der Waals surface area (Å²) in [5, 5.41) is 33.6. The molecule has 0 N–H and O–H groups in total. The summed E-state index contributed by atoms with van der Waals surface area (Å²) in [4.78, 5) is 10.8. The maximum atomic E-state index is 14.0. The molecule has 0 unspecified atom stereocenters. The van der Waals surface area contributed by atoms with Crippen LogP contribution in [0.1, 0.15) is 22.3 Å². The van der Waals surface area contributed by atoms with Crippen molar-refractivity contribution in [2.24, 2.45) is 0 Å². The Kier molecular flexibility index (Phi) is 10.4. The zero-order valence-electron chi connectivity index (χ0n) is 37.5. The Morgan fingerprint density at radius 1 is 0.403 bits per heavy atom. The van der Waals surface area contributed by atoms with Gasteiger partial charge in [0.2, 0.25) is 0 Å². The van der Waals surface area contributed by atoms with Crippen LogP contribution in [0.25, 0.3) is 114 Å². The summed E-state index contributed by atoms with van der Waals surface area (Å²) in [6.45, 7) is 23.5. The molecule has 2 aromatic heterocycles. The van der Waals surface area contributed by atoms with Gasteiger partial charge in [0.25, 0.3) is 0 Å². The van der Waals surface area contributed by atoms with E-state index in [4.69, 9.17) is 19.7 Å². The second-order valence-electron chi connectivity index (χ2n) is 17.0. The second kappa shape index (κ2) is 17.1. The van der Waals surface area contributed by atoms with Crippen LogP contribution >= 0.6 is 0 Å². The number of fused-ring (bicyclic) bond motifs is 6. The molecule has 334 valence electrons. The van der Waals surface area contributed by atoms with E-state index in [1.807, 2.05) is 109 Å². The fourth-order valence-corrected chi connectivity index (χ4v) is 9.85. The van der Waals surface area contributed by atoms with Crippen molar-refractivity contribution in [2.45, 2.75) is 6.18 Å². The highest BCUT2D eigenvalue weighted by Gasteiger charge is 2.31. The third kappa shape index (κ3) is 7.12. The number of aromatic nitrogens is 2. The third-order valence-electron chi connectivity index (χ3n) is 13.1. The summed E-state index contributed by atoms with van der Waals surface area (Å²) in [7, 11) is 0. The van der Waals surface area contributed by atoms with E-state index < -0.39 is 11.7 Å². The first kappa shape index (κ1) is 43.9. The van der Waals surface area contributed by atoms with Crippen molar-refractivity contribution in [3.8, 4) is 74.1 Å². The number of benzene rings is 9. The van der Waals surface area contributed by atoms with Gasteiger partial charge in [0.05, 0.1) is 88.1 Å². The molecule has 9 aromatic carbocycles. The van der Waals surface area contributed by atoms with E-state index in [1.165, 1.54) is 6.07 Å². The first-order valence-corrected chi connectivity index (χ1v) is 22.2. The van der Waals surface area contributed by atoms with Crippen molar-refractivity contribution < 1.29 is 13.2 Å². The van der Waals surface area contributed by atoms with Gasteiger partial charge >= 0.3 is 6.18 Å². The lowest BCUT2D eigenvalue weighted by Crippen LogP contribution is -2.04. The van der Waals surface area contributed by atoms with E-state index in [0.717, 1.165) is 66.9 Å². The van der Waals surface area contributed by atoms with Crippen LogP contribution in [0.15, 0.2) is 176 Å². The Balaban J connectivity index is 1.20. The maximum Gasteiger partial charge on any atom is 0.415 e. The lowest BCUT2D eigenvalue weighted by Gasteiger charge is -2.20. The fraction of sp³-hybridized carbons (Fsp3) is 0.0164. The maximum absolute atomic E-state index is 14.0. The van der Waals surface area contributed by atoms with Crippen LogP contribution in [0, 0.1) is 53.7 Å². The van der Waals surface area contributed by atoms with Gasteiger partial charge in [-0.05, 0) is 106 Å². The number of alkyl halides is 3. The van der Waals surface area contributed by atoms with Crippen molar-refractivity contribution in [2.75, 3.05) is 0 Å². The molecule has 2 heterocycles. The number of halogens is 3. The number of hydrogen-bond donors (Lipinski definition) is 0. The summed E-state index contributed by atoms with van der Waals surface area (Å²) in [5.74, 6) is 0. The average molecular weight is 931 g/mol. The Hall–Kier alpha value is -10.7. The van der Waals surface area contributed by atoms with E-state index in [9.17, 15) is 29.0 Å². The van der Waals surface area contributed by atoms with Crippen LogP contribution in [0.2, 0.25) is 0 Å². The fourth-order valence-electron chi connectivity index (χ4n) is 9.85. The molecule has 0 fully saturated rings.